The zero-order valence-electron chi connectivity index (χ0n) is 11.3. The van der Waals surface area contributed by atoms with E-state index < -0.39 is 0 Å². The quantitative estimate of drug-likeness (QED) is 0.793. The third-order valence-electron chi connectivity index (χ3n) is 4.72. The first-order chi connectivity index (χ1) is 7.58. The molecule has 0 aromatic carbocycles. The largest absolute Gasteiger partial charge is 0.316 e. The second kappa shape index (κ2) is 4.66. The zero-order chi connectivity index (χ0) is 11.6. The molecule has 2 nitrogen and oxygen atoms in total. The molecule has 1 N–H and O–H groups in total. The fraction of sp³-hybridized carbons (Fsp3) is 1.00. The van der Waals surface area contributed by atoms with Gasteiger partial charge < -0.3 is 5.32 Å². The van der Waals surface area contributed by atoms with Crippen LogP contribution in [0.2, 0.25) is 0 Å². The van der Waals surface area contributed by atoms with Gasteiger partial charge >= 0.3 is 0 Å². The highest BCUT2D eigenvalue weighted by Gasteiger charge is 2.42. The van der Waals surface area contributed by atoms with Gasteiger partial charge in [-0.3, -0.25) is 4.90 Å². The Hall–Kier alpha value is -0.0800. The SMILES string of the molecule is CCCC(C)(C)N1CCC2(CCCNC2)C1. The van der Waals surface area contributed by atoms with E-state index in [1.54, 1.807) is 0 Å². The van der Waals surface area contributed by atoms with Gasteiger partial charge in [0.25, 0.3) is 0 Å². The molecule has 1 atom stereocenters. The van der Waals surface area contributed by atoms with E-state index in [9.17, 15) is 0 Å². The molecule has 2 fully saturated rings. The van der Waals surface area contributed by atoms with Crippen molar-refractivity contribution < 1.29 is 0 Å². The number of hydrogen-bond acceptors (Lipinski definition) is 2. The third-order valence-corrected chi connectivity index (χ3v) is 4.72. The molecule has 1 unspecified atom stereocenters. The molecule has 0 saturated carbocycles. The lowest BCUT2D eigenvalue weighted by Gasteiger charge is -2.39. The van der Waals surface area contributed by atoms with Gasteiger partial charge in [-0.25, -0.2) is 0 Å². The number of rotatable bonds is 3. The first-order valence-electron chi connectivity index (χ1n) is 7.04. The third kappa shape index (κ3) is 2.43. The number of nitrogens with one attached hydrogen (secondary N) is 1. The summed E-state index contributed by atoms with van der Waals surface area (Å²) in [6.45, 7) is 12.3. The fourth-order valence-corrected chi connectivity index (χ4v) is 3.60. The Balaban J connectivity index is 1.96. The molecule has 0 bridgehead atoms. The minimum Gasteiger partial charge on any atom is -0.316 e. The second-order valence-corrected chi connectivity index (χ2v) is 6.51. The molecular formula is C14H28N2. The summed E-state index contributed by atoms with van der Waals surface area (Å²) in [7, 11) is 0. The molecule has 2 aliphatic rings. The smallest absolute Gasteiger partial charge is 0.0153 e. The maximum Gasteiger partial charge on any atom is 0.0153 e. The molecule has 2 rings (SSSR count). The summed E-state index contributed by atoms with van der Waals surface area (Å²) >= 11 is 0. The molecule has 16 heavy (non-hydrogen) atoms. The summed E-state index contributed by atoms with van der Waals surface area (Å²) in [5, 5.41) is 3.59. The second-order valence-electron chi connectivity index (χ2n) is 6.51. The molecule has 94 valence electrons. The highest BCUT2D eigenvalue weighted by molar-refractivity contribution is 4.98. The lowest BCUT2D eigenvalue weighted by Crippen LogP contribution is -2.46. The summed E-state index contributed by atoms with van der Waals surface area (Å²) in [6, 6.07) is 0. The van der Waals surface area contributed by atoms with Gasteiger partial charge in [-0.2, -0.15) is 0 Å². The average molecular weight is 224 g/mol. The Kier molecular flexibility index (Phi) is 3.60. The number of hydrogen-bond donors (Lipinski definition) is 1. The van der Waals surface area contributed by atoms with E-state index in [4.69, 9.17) is 0 Å². The van der Waals surface area contributed by atoms with Crippen molar-refractivity contribution in [3.63, 3.8) is 0 Å². The summed E-state index contributed by atoms with van der Waals surface area (Å²) in [5.74, 6) is 0. The lowest BCUT2D eigenvalue weighted by atomic mass is 9.80. The van der Waals surface area contributed by atoms with Crippen molar-refractivity contribution >= 4 is 0 Å². The van der Waals surface area contributed by atoms with E-state index in [1.165, 1.54) is 58.3 Å². The van der Waals surface area contributed by atoms with Gasteiger partial charge in [0.1, 0.15) is 0 Å². The summed E-state index contributed by atoms with van der Waals surface area (Å²) in [5.41, 5.74) is 1.03. The Labute approximate surface area is 101 Å². The van der Waals surface area contributed by atoms with Crippen LogP contribution in [0.3, 0.4) is 0 Å². The van der Waals surface area contributed by atoms with Crippen molar-refractivity contribution in [2.75, 3.05) is 26.2 Å². The summed E-state index contributed by atoms with van der Waals surface area (Å²) in [6.07, 6.45) is 6.86. The molecule has 0 radical (unpaired) electrons. The fourth-order valence-electron chi connectivity index (χ4n) is 3.60. The summed E-state index contributed by atoms with van der Waals surface area (Å²) in [4.78, 5) is 2.74. The molecule has 2 heteroatoms. The maximum absolute atomic E-state index is 3.59. The zero-order valence-corrected chi connectivity index (χ0v) is 11.3. The Morgan fingerprint density at radius 2 is 2.12 bits per heavy atom. The molecule has 2 heterocycles. The Morgan fingerprint density at radius 1 is 1.31 bits per heavy atom. The number of nitrogens with zero attached hydrogens (tertiary/aromatic N) is 1. The van der Waals surface area contributed by atoms with Crippen molar-refractivity contribution in [3.8, 4) is 0 Å². The lowest BCUT2D eigenvalue weighted by molar-refractivity contribution is 0.112. The predicted octanol–water partition coefficient (Wildman–Crippen LogP) is 2.64. The first-order valence-corrected chi connectivity index (χ1v) is 7.04. The van der Waals surface area contributed by atoms with E-state index >= 15 is 0 Å². The monoisotopic (exact) mass is 224 g/mol. The van der Waals surface area contributed by atoms with Crippen LogP contribution in [-0.4, -0.2) is 36.6 Å². The predicted molar refractivity (Wildman–Crippen MR) is 69.7 cm³/mol. The van der Waals surface area contributed by atoms with Crippen LogP contribution in [0.25, 0.3) is 0 Å². The van der Waals surface area contributed by atoms with Crippen LogP contribution in [0.4, 0.5) is 0 Å². The van der Waals surface area contributed by atoms with Gasteiger partial charge in [0.05, 0.1) is 0 Å². The van der Waals surface area contributed by atoms with Crippen LogP contribution in [0.5, 0.6) is 0 Å². The molecule has 0 aliphatic carbocycles. The van der Waals surface area contributed by atoms with E-state index in [1.807, 2.05) is 0 Å². The van der Waals surface area contributed by atoms with E-state index in [0.29, 0.717) is 11.0 Å². The van der Waals surface area contributed by atoms with E-state index in [-0.39, 0.29) is 0 Å². The highest BCUT2D eigenvalue weighted by Crippen LogP contribution is 2.40. The summed E-state index contributed by atoms with van der Waals surface area (Å²) < 4.78 is 0. The van der Waals surface area contributed by atoms with Crippen molar-refractivity contribution in [3.05, 3.63) is 0 Å². The molecular weight excluding hydrogens is 196 g/mol. The van der Waals surface area contributed by atoms with Crippen LogP contribution in [0.15, 0.2) is 0 Å². The molecule has 2 saturated heterocycles. The van der Waals surface area contributed by atoms with Crippen molar-refractivity contribution in [2.45, 2.75) is 58.4 Å². The number of likely N-dealkylation sites (tertiary alicyclic amines) is 1. The van der Waals surface area contributed by atoms with Crippen LogP contribution < -0.4 is 5.32 Å². The maximum atomic E-state index is 3.59. The van der Waals surface area contributed by atoms with Crippen LogP contribution in [0.1, 0.15) is 52.9 Å². The van der Waals surface area contributed by atoms with Crippen molar-refractivity contribution in [1.82, 2.24) is 10.2 Å². The molecule has 0 aromatic rings. The van der Waals surface area contributed by atoms with Gasteiger partial charge in [0.2, 0.25) is 0 Å². The molecule has 2 aliphatic heterocycles. The Morgan fingerprint density at radius 3 is 2.75 bits per heavy atom. The van der Waals surface area contributed by atoms with Crippen LogP contribution >= 0.6 is 0 Å². The molecule has 1 spiro atoms. The first kappa shape index (κ1) is 12.4. The van der Waals surface area contributed by atoms with E-state index in [0.717, 1.165) is 0 Å². The van der Waals surface area contributed by atoms with Gasteiger partial charge in [-0.15, -0.1) is 0 Å². The average Bonchev–Trinajstić information content (AvgIpc) is 2.64. The standard InChI is InChI=1S/C14H28N2/c1-4-6-13(2,3)16-10-8-14(12-16)7-5-9-15-11-14/h15H,4-12H2,1-3H3. The normalized spacial score (nSPS) is 32.4. The van der Waals surface area contributed by atoms with Crippen LogP contribution in [0, 0.1) is 5.41 Å². The van der Waals surface area contributed by atoms with Gasteiger partial charge in [0.15, 0.2) is 0 Å². The van der Waals surface area contributed by atoms with Gasteiger partial charge in [-0.05, 0) is 58.0 Å². The van der Waals surface area contributed by atoms with Gasteiger partial charge in [0, 0.05) is 18.6 Å². The van der Waals surface area contributed by atoms with Crippen molar-refractivity contribution in [2.24, 2.45) is 5.41 Å². The van der Waals surface area contributed by atoms with Crippen molar-refractivity contribution in [1.29, 1.82) is 0 Å². The van der Waals surface area contributed by atoms with Crippen LogP contribution in [-0.2, 0) is 0 Å². The van der Waals surface area contributed by atoms with Gasteiger partial charge in [-0.1, -0.05) is 13.3 Å². The van der Waals surface area contributed by atoms with E-state index in [2.05, 4.69) is 31.0 Å². The molecule has 0 aromatic heterocycles. The highest BCUT2D eigenvalue weighted by atomic mass is 15.2. The minimum absolute atomic E-state index is 0.412. The molecule has 0 amide bonds. The topological polar surface area (TPSA) is 15.3 Å². The Bertz CT molecular complexity index is 229. The minimum atomic E-state index is 0.412. The number of piperidine rings is 1.